The van der Waals surface area contributed by atoms with E-state index in [0.29, 0.717) is 11.3 Å². The van der Waals surface area contributed by atoms with Gasteiger partial charge in [0.1, 0.15) is 0 Å². The first kappa shape index (κ1) is 15.5. The fourth-order valence-corrected chi connectivity index (χ4v) is 3.21. The third kappa shape index (κ3) is 4.57. The number of hydrogen-bond donors (Lipinski definition) is 1. The zero-order valence-electron chi connectivity index (χ0n) is 11.6. The molecule has 110 valence electrons. The van der Waals surface area contributed by atoms with Crippen LogP contribution in [0.1, 0.15) is 16.1 Å². The minimum absolute atomic E-state index is 0.144. The van der Waals surface area contributed by atoms with Gasteiger partial charge in [-0.3, -0.25) is 4.79 Å². The van der Waals surface area contributed by atoms with Gasteiger partial charge in [-0.2, -0.15) is 0 Å². The first-order valence-electron chi connectivity index (χ1n) is 6.11. The smallest absolute Gasteiger partial charge is 0.337 e. The van der Waals surface area contributed by atoms with E-state index in [1.54, 1.807) is 24.3 Å². The van der Waals surface area contributed by atoms with Gasteiger partial charge in [0, 0.05) is 16.8 Å². The molecule has 5 nitrogen and oxygen atoms in total. The number of hydrogen-bond acceptors (Lipinski definition) is 6. The molecule has 1 amide bonds. The van der Waals surface area contributed by atoms with Gasteiger partial charge in [-0.1, -0.05) is 17.8 Å². The van der Waals surface area contributed by atoms with Crippen molar-refractivity contribution in [3.05, 3.63) is 40.9 Å². The average Bonchev–Trinajstić information content (AvgIpc) is 2.90. The van der Waals surface area contributed by atoms with E-state index in [0.717, 1.165) is 10.0 Å². The van der Waals surface area contributed by atoms with E-state index < -0.39 is 5.97 Å². The van der Waals surface area contributed by atoms with Crippen molar-refractivity contribution >= 4 is 40.7 Å². The first-order chi connectivity index (χ1) is 10.1. The molecule has 2 rings (SSSR count). The number of nitrogens with one attached hydrogen (secondary N) is 1. The predicted molar refractivity (Wildman–Crippen MR) is 84.0 cm³/mol. The van der Waals surface area contributed by atoms with E-state index in [-0.39, 0.29) is 11.7 Å². The number of carbonyl (C=O) groups is 2. The fraction of sp³-hybridized carbons (Fsp3) is 0.214. The summed E-state index contributed by atoms with van der Waals surface area (Å²) < 4.78 is 5.51. The number of aryl methyl sites for hydroxylation is 1. The summed E-state index contributed by atoms with van der Waals surface area (Å²) >= 11 is 2.91. The van der Waals surface area contributed by atoms with Crippen LogP contribution >= 0.6 is 23.1 Å². The van der Waals surface area contributed by atoms with Crippen LogP contribution in [-0.4, -0.2) is 29.7 Å². The van der Waals surface area contributed by atoms with Gasteiger partial charge >= 0.3 is 5.97 Å². The van der Waals surface area contributed by atoms with Gasteiger partial charge in [-0.15, -0.1) is 11.3 Å². The normalized spacial score (nSPS) is 10.2. The van der Waals surface area contributed by atoms with Crippen LogP contribution in [0.4, 0.5) is 5.69 Å². The summed E-state index contributed by atoms with van der Waals surface area (Å²) in [4.78, 5) is 27.6. The number of methoxy groups -OCH3 is 1. The molecule has 0 atom stereocenters. The Morgan fingerprint density at radius 2 is 2.24 bits per heavy atom. The molecule has 0 radical (unpaired) electrons. The summed E-state index contributed by atoms with van der Waals surface area (Å²) in [6.07, 6.45) is 0. The summed E-state index contributed by atoms with van der Waals surface area (Å²) in [5.74, 6) is -0.302. The van der Waals surface area contributed by atoms with Gasteiger partial charge in [0.2, 0.25) is 5.91 Å². The minimum Gasteiger partial charge on any atom is -0.465 e. The van der Waals surface area contributed by atoms with Gasteiger partial charge in [0.15, 0.2) is 4.34 Å². The van der Waals surface area contributed by atoms with Crippen LogP contribution in [0.15, 0.2) is 34.0 Å². The third-order valence-electron chi connectivity index (χ3n) is 2.49. The molecule has 0 spiro atoms. The maximum atomic E-state index is 11.9. The van der Waals surface area contributed by atoms with E-state index in [4.69, 9.17) is 0 Å². The largest absolute Gasteiger partial charge is 0.465 e. The molecule has 1 N–H and O–H groups in total. The van der Waals surface area contributed by atoms with E-state index in [1.165, 1.54) is 30.2 Å². The molecular weight excluding hydrogens is 308 g/mol. The molecule has 7 heteroatoms. The maximum Gasteiger partial charge on any atom is 0.337 e. The number of thiazole rings is 1. The van der Waals surface area contributed by atoms with E-state index in [1.807, 2.05) is 12.3 Å². The van der Waals surface area contributed by atoms with Crippen molar-refractivity contribution < 1.29 is 14.3 Å². The van der Waals surface area contributed by atoms with Crippen molar-refractivity contribution in [3.63, 3.8) is 0 Å². The number of thioether (sulfide) groups is 1. The Bertz CT molecular complexity index is 655. The topological polar surface area (TPSA) is 68.3 Å². The van der Waals surface area contributed by atoms with Crippen molar-refractivity contribution in [2.45, 2.75) is 11.3 Å². The molecule has 1 aromatic heterocycles. The van der Waals surface area contributed by atoms with Gasteiger partial charge in [-0.05, 0) is 25.1 Å². The van der Waals surface area contributed by atoms with E-state index in [9.17, 15) is 9.59 Å². The number of esters is 1. The molecule has 0 aliphatic heterocycles. The maximum absolute atomic E-state index is 11.9. The Hall–Kier alpha value is -1.86. The van der Waals surface area contributed by atoms with Crippen molar-refractivity contribution in [2.75, 3.05) is 18.2 Å². The Labute approximate surface area is 130 Å². The average molecular weight is 322 g/mol. The molecule has 0 saturated heterocycles. The highest BCUT2D eigenvalue weighted by atomic mass is 32.2. The molecule has 0 unspecified atom stereocenters. The number of aromatic nitrogens is 1. The Morgan fingerprint density at radius 1 is 1.43 bits per heavy atom. The molecule has 0 aliphatic rings. The number of carbonyl (C=O) groups excluding carboxylic acids is 2. The lowest BCUT2D eigenvalue weighted by Gasteiger charge is -2.06. The highest BCUT2D eigenvalue weighted by molar-refractivity contribution is 8.01. The van der Waals surface area contributed by atoms with Gasteiger partial charge in [0.25, 0.3) is 0 Å². The quantitative estimate of drug-likeness (QED) is 0.677. The third-order valence-corrected chi connectivity index (χ3v) is 4.63. The van der Waals surface area contributed by atoms with Gasteiger partial charge in [-0.25, -0.2) is 9.78 Å². The Kier molecular flexibility index (Phi) is 5.35. The van der Waals surface area contributed by atoms with Crippen LogP contribution in [0.25, 0.3) is 0 Å². The second kappa shape index (κ2) is 7.24. The summed E-state index contributed by atoms with van der Waals surface area (Å²) in [6.45, 7) is 1.92. The summed E-state index contributed by atoms with van der Waals surface area (Å²) in [6, 6.07) is 6.64. The van der Waals surface area contributed by atoms with Crippen LogP contribution in [0.3, 0.4) is 0 Å². The SMILES string of the molecule is COC(=O)c1cccc(NC(=O)CSc2nc(C)cs2)c1. The standard InChI is InChI=1S/C14H14N2O3S2/c1-9-7-20-14(15-9)21-8-12(17)16-11-5-3-4-10(6-11)13(18)19-2/h3-7H,8H2,1-2H3,(H,16,17). The first-order valence-corrected chi connectivity index (χ1v) is 7.98. The molecule has 1 heterocycles. The Balaban J connectivity index is 1.91. The van der Waals surface area contributed by atoms with Crippen LogP contribution < -0.4 is 5.32 Å². The molecule has 0 saturated carbocycles. The van der Waals surface area contributed by atoms with Gasteiger partial charge < -0.3 is 10.1 Å². The lowest BCUT2D eigenvalue weighted by Crippen LogP contribution is -2.14. The fourth-order valence-electron chi connectivity index (χ4n) is 1.56. The lowest BCUT2D eigenvalue weighted by molar-refractivity contribution is -0.113. The number of anilines is 1. The van der Waals surface area contributed by atoms with Crippen molar-refractivity contribution in [3.8, 4) is 0 Å². The van der Waals surface area contributed by atoms with Crippen LogP contribution in [0.5, 0.6) is 0 Å². The van der Waals surface area contributed by atoms with E-state index in [2.05, 4.69) is 15.0 Å². The lowest BCUT2D eigenvalue weighted by atomic mass is 10.2. The summed E-state index contributed by atoms with van der Waals surface area (Å²) in [7, 11) is 1.32. The highest BCUT2D eigenvalue weighted by Gasteiger charge is 2.09. The number of amides is 1. The molecule has 21 heavy (non-hydrogen) atoms. The Morgan fingerprint density at radius 3 is 2.90 bits per heavy atom. The predicted octanol–water partition coefficient (Wildman–Crippen LogP) is 2.97. The van der Waals surface area contributed by atoms with E-state index >= 15 is 0 Å². The summed E-state index contributed by atoms with van der Waals surface area (Å²) in [5, 5.41) is 4.69. The monoisotopic (exact) mass is 322 g/mol. The number of ether oxygens (including phenoxy) is 1. The minimum atomic E-state index is -0.432. The van der Waals surface area contributed by atoms with Crippen LogP contribution in [-0.2, 0) is 9.53 Å². The molecule has 0 aliphatic carbocycles. The number of rotatable bonds is 5. The summed E-state index contributed by atoms with van der Waals surface area (Å²) in [5.41, 5.74) is 1.92. The number of nitrogens with zero attached hydrogens (tertiary/aromatic N) is 1. The second-order valence-corrected chi connectivity index (χ2v) is 6.24. The highest BCUT2D eigenvalue weighted by Crippen LogP contribution is 2.22. The molecule has 0 fully saturated rings. The van der Waals surface area contributed by atoms with Crippen LogP contribution in [0.2, 0.25) is 0 Å². The second-order valence-electron chi connectivity index (χ2n) is 4.16. The van der Waals surface area contributed by atoms with Crippen molar-refractivity contribution in [2.24, 2.45) is 0 Å². The molecule has 0 bridgehead atoms. The number of benzene rings is 1. The molecule has 1 aromatic carbocycles. The van der Waals surface area contributed by atoms with Crippen molar-refractivity contribution in [1.29, 1.82) is 0 Å². The molecule has 2 aromatic rings. The zero-order chi connectivity index (χ0) is 15.2. The molecular formula is C14H14N2O3S2. The van der Waals surface area contributed by atoms with Gasteiger partial charge in [0.05, 0.1) is 18.4 Å². The van der Waals surface area contributed by atoms with Crippen LogP contribution in [0, 0.1) is 6.92 Å². The van der Waals surface area contributed by atoms with Crippen molar-refractivity contribution in [1.82, 2.24) is 4.98 Å². The zero-order valence-corrected chi connectivity index (χ0v) is 13.2.